The number of carboxylic acid groups (broad SMARTS) is 1. The summed E-state index contributed by atoms with van der Waals surface area (Å²) in [7, 11) is 0. The zero-order valence-electron chi connectivity index (χ0n) is 13.2. The van der Waals surface area contributed by atoms with Crippen molar-refractivity contribution in [1.82, 2.24) is 4.90 Å². The van der Waals surface area contributed by atoms with Gasteiger partial charge in [0.1, 0.15) is 5.75 Å². The van der Waals surface area contributed by atoms with Gasteiger partial charge in [0.2, 0.25) is 5.91 Å². The summed E-state index contributed by atoms with van der Waals surface area (Å²) in [4.78, 5) is 24.8. The summed E-state index contributed by atoms with van der Waals surface area (Å²) < 4.78 is 5.70. The van der Waals surface area contributed by atoms with Crippen LogP contribution in [0.15, 0.2) is 18.2 Å². The van der Waals surface area contributed by atoms with E-state index >= 15 is 0 Å². The number of nitrogens with zero attached hydrogens (tertiary/aromatic N) is 1. The second kappa shape index (κ2) is 7.29. The van der Waals surface area contributed by atoms with E-state index in [1.807, 2.05) is 32.0 Å². The first-order valence-corrected chi connectivity index (χ1v) is 7.68. The molecule has 0 aromatic heterocycles. The molecule has 1 fully saturated rings. The minimum Gasteiger partial charge on any atom is -0.493 e. The van der Waals surface area contributed by atoms with Crippen molar-refractivity contribution in [2.45, 2.75) is 45.6 Å². The largest absolute Gasteiger partial charge is 0.493 e. The molecule has 1 unspecified atom stereocenters. The summed E-state index contributed by atoms with van der Waals surface area (Å²) in [6, 6.07) is 5.82. The molecule has 120 valence electrons. The Kier molecular flexibility index (Phi) is 5.41. The molecule has 1 heterocycles. The zero-order valence-corrected chi connectivity index (χ0v) is 13.2. The minimum atomic E-state index is -0.851. The first-order chi connectivity index (χ1) is 10.5. The van der Waals surface area contributed by atoms with Crippen molar-refractivity contribution in [2.24, 2.45) is 0 Å². The summed E-state index contributed by atoms with van der Waals surface area (Å²) in [6.07, 6.45) is 1.96. The molecule has 0 bridgehead atoms. The number of carbonyl (C=O) groups excluding carboxylic acids is 1. The highest BCUT2D eigenvalue weighted by Crippen LogP contribution is 2.22. The zero-order chi connectivity index (χ0) is 16.1. The third kappa shape index (κ3) is 4.23. The first-order valence-electron chi connectivity index (χ1n) is 7.68. The summed E-state index contributed by atoms with van der Waals surface area (Å²) in [5, 5.41) is 8.89. The molecule has 1 saturated heterocycles. The van der Waals surface area contributed by atoms with Gasteiger partial charge >= 0.3 is 5.97 Å². The van der Waals surface area contributed by atoms with Gasteiger partial charge in [-0.2, -0.15) is 0 Å². The fourth-order valence-electron chi connectivity index (χ4n) is 2.83. The molecule has 0 radical (unpaired) electrons. The van der Waals surface area contributed by atoms with Gasteiger partial charge in [0.15, 0.2) is 0 Å². The number of hydrogen-bond donors (Lipinski definition) is 1. The predicted molar refractivity (Wildman–Crippen MR) is 83.0 cm³/mol. The van der Waals surface area contributed by atoms with E-state index in [2.05, 4.69) is 0 Å². The number of hydrogen-bond acceptors (Lipinski definition) is 3. The number of rotatable bonds is 6. The third-order valence-electron chi connectivity index (χ3n) is 4.02. The van der Waals surface area contributed by atoms with Gasteiger partial charge in [-0.1, -0.05) is 12.1 Å². The van der Waals surface area contributed by atoms with E-state index in [4.69, 9.17) is 9.84 Å². The molecule has 1 aliphatic heterocycles. The molecule has 0 aliphatic carbocycles. The number of aryl methyl sites for hydroxylation is 2. The van der Waals surface area contributed by atoms with Crippen LogP contribution in [-0.4, -0.2) is 41.1 Å². The van der Waals surface area contributed by atoms with Crippen LogP contribution < -0.4 is 4.74 Å². The molecule has 1 aromatic carbocycles. The molecule has 0 spiro atoms. The number of likely N-dealkylation sites (tertiary alicyclic amines) is 1. The Morgan fingerprint density at radius 1 is 1.36 bits per heavy atom. The molecule has 1 aliphatic rings. The highest BCUT2D eigenvalue weighted by atomic mass is 16.5. The molecule has 5 heteroatoms. The SMILES string of the molecule is Cc1ccc(C)c(OCCC(=O)N2CCCC2CC(=O)O)c1. The van der Waals surface area contributed by atoms with E-state index in [1.165, 1.54) is 0 Å². The normalized spacial score (nSPS) is 17.5. The molecule has 0 saturated carbocycles. The Labute approximate surface area is 130 Å². The molecule has 1 amide bonds. The molecule has 1 aromatic rings. The van der Waals surface area contributed by atoms with Crippen molar-refractivity contribution in [3.8, 4) is 5.75 Å². The molecule has 1 N–H and O–H groups in total. The van der Waals surface area contributed by atoms with Crippen LogP contribution in [0.3, 0.4) is 0 Å². The van der Waals surface area contributed by atoms with E-state index < -0.39 is 5.97 Å². The van der Waals surface area contributed by atoms with Crippen molar-refractivity contribution < 1.29 is 19.4 Å². The molecule has 1 atom stereocenters. The third-order valence-corrected chi connectivity index (χ3v) is 4.02. The van der Waals surface area contributed by atoms with E-state index in [0.717, 1.165) is 29.7 Å². The molecule has 22 heavy (non-hydrogen) atoms. The summed E-state index contributed by atoms with van der Waals surface area (Å²) in [5.41, 5.74) is 2.16. The smallest absolute Gasteiger partial charge is 0.305 e. The van der Waals surface area contributed by atoms with E-state index in [1.54, 1.807) is 4.90 Å². The summed E-state index contributed by atoms with van der Waals surface area (Å²) >= 11 is 0. The predicted octanol–water partition coefficient (Wildman–Crippen LogP) is 2.54. The average molecular weight is 305 g/mol. The summed E-state index contributed by atoms with van der Waals surface area (Å²) in [5.74, 6) is -0.0679. The average Bonchev–Trinajstić information content (AvgIpc) is 2.90. The van der Waals surface area contributed by atoms with Crippen LogP contribution >= 0.6 is 0 Å². The van der Waals surface area contributed by atoms with Gasteiger partial charge in [-0.3, -0.25) is 9.59 Å². The summed E-state index contributed by atoms with van der Waals surface area (Å²) in [6.45, 7) is 4.94. The van der Waals surface area contributed by atoms with Crippen LogP contribution in [0.25, 0.3) is 0 Å². The van der Waals surface area contributed by atoms with Crippen molar-refractivity contribution >= 4 is 11.9 Å². The monoisotopic (exact) mass is 305 g/mol. The molecular weight excluding hydrogens is 282 g/mol. The standard InChI is InChI=1S/C17H23NO4/c1-12-5-6-13(2)15(10-12)22-9-7-16(19)18-8-3-4-14(18)11-17(20)21/h5-6,10,14H,3-4,7-9,11H2,1-2H3,(H,20,21). The molecule has 2 rings (SSSR count). The van der Waals surface area contributed by atoms with Crippen LogP contribution in [-0.2, 0) is 9.59 Å². The molecule has 5 nitrogen and oxygen atoms in total. The number of carbonyl (C=O) groups is 2. The lowest BCUT2D eigenvalue weighted by atomic mass is 10.1. The quantitative estimate of drug-likeness (QED) is 0.877. The van der Waals surface area contributed by atoms with Gasteiger partial charge in [0, 0.05) is 12.6 Å². The lowest BCUT2D eigenvalue weighted by Crippen LogP contribution is -2.37. The second-order valence-corrected chi connectivity index (χ2v) is 5.85. The van der Waals surface area contributed by atoms with Crippen LogP contribution in [0.2, 0.25) is 0 Å². The van der Waals surface area contributed by atoms with Crippen LogP contribution in [0.4, 0.5) is 0 Å². The lowest BCUT2D eigenvalue weighted by molar-refractivity contribution is -0.140. The fraction of sp³-hybridized carbons (Fsp3) is 0.529. The Balaban J connectivity index is 1.84. The van der Waals surface area contributed by atoms with E-state index in [9.17, 15) is 9.59 Å². The van der Waals surface area contributed by atoms with Crippen molar-refractivity contribution in [3.63, 3.8) is 0 Å². The topological polar surface area (TPSA) is 66.8 Å². The van der Waals surface area contributed by atoms with E-state index in [-0.39, 0.29) is 24.8 Å². The van der Waals surface area contributed by atoms with Gasteiger partial charge in [0.25, 0.3) is 0 Å². The van der Waals surface area contributed by atoms with Gasteiger partial charge in [0.05, 0.1) is 19.4 Å². The first kappa shape index (κ1) is 16.3. The maximum atomic E-state index is 12.2. The van der Waals surface area contributed by atoms with Gasteiger partial charge in [-0.15, -0.1) is 0 Å². The highest BCUT2D eigenvalue weighted by molar-refractivity contribution is 5.78. The number of carboxylic acids is 1. The Bertz CT molecular complexity index is 556. The number of ether oxygens (including phenoxy) is 1. The van der Waals surface area contributed by atoms with Crippen LogP contribution in [0.5, 0.6) is 5.75 Å². The molecular formula is C17H23NO4. The number of benzene rings is 1. The maximum Gasteiger partial charge on any atom is 0.305 e. The maximum absolute atomic E-state index is 12.2. The highest BCUT2D eigenvalue weighted by Gasteiger charge is 2.29. The Morgan fingerprint density at radius 3 is 2.86 bits per heavy atom. The van der Waals surface area contributed by atoms with Crippen LogP contribution in [0.1, 0.15) is 36.8 Å². The van der Waals surface area contributed by atoms with Crippen molar-refractivity contribution in [3.05, 3.63) is 29.3 Å². The van der Waals surface area contributed by atoms with Gasteiger partial charge < -0.3 is 14.7 Å². The van der Waals surface area contributed by atoms with Gasteiger partial charge in [-0.05, 0) is 43.9 Å². The van der Waals surface area contributed by atoms with Crippen molar-refractivity contribution in [1.29, 1.82) is 0 Å². The number of amides is 1. The minimum absolute atomic E-state index is 0.0194. The number of aliphatic carboxylic acids is 1. The Morgan fingerprint density at radius 2 is 2.14 bits per heavy atom. The van der Waals surface area contributed by atoms with Crippen LogP contribution in [0, 0.1) is 13.8 Å². The fourth-order valence-corrected chi connectivity index (χ4v) is 2.83. The lowest BCUT2D eigenvalue weighted by Gasteiger charge is -2.23. The van der Waals surface area contributed by atoms with E-state index in [0.29, 0.717) is 13.2 Å². The second-order valence-electron chi connectivity index (χ2n) is 5.85. The van der Waals surface area contributed by atoms with Crippen molar-refractivity contribution in [2.75, 3.05) is 13.2 Å². The van der Waals surface area contributed by atoms with Gasteiger partial charge in [-0.25, -0.2) is 0 Å². The Hall–Kier alpha value is -2.04.